The third-order valence-corrected chi connectivity index (χ3v) is 5.79. The highest BCUT2D eigenvalue weighted by molar-refractivity contribution is 7.53. The van der Waals surface area contributed by atoms with Gasteiger partial charge in [0.25, 0.3) is 0 Å². The summed E-state index contributed by atoms with van der Waals surface area (Å²) < 4.78 is 23.2. The molecule has 0 amide bonds. The smallest absolute Gasteiger partial charge is 0.331 e. The summed E-state index contributed by atoms with van der Waals surface area (Å²) in [5.41, 5.74) is 6.04. The number of nitrogens with zero attached hydrogens (tertiary/aromatic N) is 5. The average molecular weight is 432 g/mol. The molecule has 12 heteroatoms. The first-order valence-corrected chi connectivity index (χ1v) is 11.0. The minimum absolute atomic E-state index is 0.0331. The van der Waals surface area contributed by atoms with E-state index in [-0.39, 0.29) is 23.8 Å². The minimum Gasteiger partial charge on any atom is -0.368 e. The van der Waals surface area contributed by atoms with Crippen LogP contribution in [-0.4, -0.2) is 66.6 Å². The van der Waals surface area contributed by atoms with E-state index < -0.39 is 7.60 Å². The molecule has 1 aromatic rings. The van der Waals surface area contributed by atoms with Gasteiger partial charge in [-0.15, -0.1) is 0 Å². The SMILES string of the molecule is C/C=N\c1c(Cl)nc(N)nc1NCCN(CC#N)CCP(=O)(OCC)OCC. The molecular weight excluding hydrogens is 405 g/mol. The Kier molecular flexibility index (Phi) is 11.0. The predicted octanol–water partition coefficient (Wildman–Crippen LogP) is 2.94. The van der Waals surface area contributed by atoms with Gasteiger partial charge in [0.15, 0.2) is 11.0 Å². The number of nitrogens with one attached hydrogen (secondary N) is 1. The van der Waals surface area contributed by atoms with E-state index in [1.807, 2.05) is 4.90 Å². The summed E-state index contributed by atoms with van der Waals surface area (Å²) in [6.07, 6.45) is 1.78. The summed E-state index contributed by atoms with van der Waals surface area (Å²) >= 11 is 6.07. The van der Waals surface area contributed by atoms with E-state index in [0.29, 0.717) is 44.4 Å². The fraction of sp³-hybridized carbons (Fsp3) is 0.625. The van der Waals surface area contributed by atoms with Gasteiger partial charge < -0.3 is 20.1 Å². The molecule has 28 heavy (non-hydrogen) atoms. The molecule has 0 aliphatic rings. The van der Waals surface area contributed by atoms with Crippen molar-refractivity contribution in [3.05, 3.63) is 5.15 Å². The first-order valence-electron chi connectivity index (χ1n) is 8.92. The average Bonchev–Trinajstić information content (AvgIpc) is 2.63. The fourth-order valence-electron chi connectivity index (χ4n) is 2.34. The van der Waals surface area contributed by atoms with Crippen molar-refractivity contribution in [1.29, 1.82) is 5.26 Å². The van der Waals surface area contributed by atoms with E-state index in [4.69, 9.17) is 31.6 Å². The first kappa shape index (κ1) is 24.3. The summed E-state index contributed by atoms with van der Waals surface area (Å²) in [7, 11) is -3.16. The van der Waals surface area contributed by atoms with Gasteiger partial charge in [-0.25, -0.2) is 0 Å². The van der Waals surface area contributed by atoms with Gasteiger partial charge in [0, 0.05) is 25.8 Å². The molecule has 1 heterocycles. The molecule has 0 radical (unpaired) electrons. The zero-order valence-electron chi connectivity index (χ0n) is 16.4. The second-order valence-corrected chi connectivity index (χ2v) is 8.03. The molecule has 1 rings (SSSR count). The van der Waals surface area contributed by atoms with E-state index in [9.17, 15) is 4.57 Å². The van der Waals surface area contributed by atoms with Crippen LogP contribution in [0.2, 0.25) is 5.15 Å². The predicted molar refractivity (Wildman–Crippen MR) is 112 cm³/mol. The molecule has 10 nitrogen and oxygen atoms in total. The Bertz CT molecular complexity index is 732. The second-order valence-electron chi connectivity index (χ2n) is 5.49. The molecule has 0 aliphatic heterocycles. The Hall–Kier alpha value is -1.76. The molecule has 0 saturated heterocycles. The molecule has 0 aliphatic carbocycles. The van der Waals surface area contributed by atoms with E-state index in [1.54, 1.807) is 27.0 Å². The third kappa shape index (κ3) is 8.09. The lowest BCUT2D eigenvalue weighted by atomic mass is 10.4. The van der Waals surface area contributed by atoms with Gasteiger partial charge in [-0.2, -0.15) is 15.2 Å². The van der Waals surface area contributed by atoms with Crippen LogP contribution in [0.25, 0.3) is 0 Å². The summed E-state index contributed by atoms with van der Waals surface area (Å²) in [4.78, 5) is 14.0. The molecule has 0 bridgehead atoms. The van der Waals surface area contributed by atoms with Crippen LogP contribution in [0.15, 0.2) is 4.99 Å². The summed E-state index contributed by atoms with van der Waals surface area (Å²) in [6.45, 7) is 7.36. The van der Waals surface area contributed by atoms with Crippen molar-refractivity contribution in [3.63, 3.8) is 0 Å². The summed E-state index contributed by atoms with van der Waals surface area (Å²) in [5, 5.41) is 12.3. The van der Waals surface area contributed by atoms with Crippen molar-refractivity contribution in [2.24, 2.45) is 4.99 Å². The largest absolute Gasteiger partial charge is 0.368 e. The van der Waals surface area contributed by atoms with Crippen LogP contribution in [0, 0.1) is 11.3 Å². The maximum absolute atomic E-state index is 12.6. The normalized spacial score (nSPS) is 11.9. The topological polar surface area (TPSA) is 139 Å². The lowest BCUT2D eigenvalue weighted by Gasteiger charge is -2.23. The first-order chi connectivity index (χ1) is 13.4. The monoisotopic (exact) mass is 431 g/mol. The lowest BCUT2D eigenvalue weighted by Crippen LogP contribution is -2.32. The van der Waals surface area contributed by atoms with Crippen LogP contribution >= 0.6 is 19.2 Å². The van der Waals surface area contributed by atoms with Crippen LogP contribution in [0.4, 0.5) is 17.5 Å². The second kappa shape index (κ2) is 12.6. The van der Waals surface area contributed by atoms with Crippen LogP contribution in [0.1, 0.15) is 20.8 Å². The van der Waals surface area contributed by atoms with E-state index >= 15 is 0 Å². The maximum Gasteiger partial charge on any atom is 0.331 e. The Morgan fingerprint density at radius 1 is 1.36 bits per heavy atom. The minimum atomic E-state index is -3.16. The van der Waals surface area contributed by atoms with E-state index in [2.05, 4.69) is 26.3 Å². The molecule has 1 aromatic heterocycles. The van der Waals surface area contributed by atoms with Gasteiger partial charge in [-0.3, -0.25) is 14.5 Å². The number of nitriles is 1. The molecule has 3 N–H and O–H groups in total. The Morgan fingerprint density at radius 3 is 2.61 bits per heavy atom. The molecule has 0 fully saturated rings. The molecule has 0 aromatic carbocycles. The Labute approximate surface area is 170 Å². The Balaban J connectivity index is 2.72. The highest BCUT2D eigenvalue weighted by Crippen LogP contribution is 2.47. The van der Waals surface area contributed by atoms with Crippen molar-refractivity contribution < 1.29 is 13.6 Å². The molecule has 0 spiro atoms. The fourth-order valence-corrected chi connectivity index (χ4v) is 4.21. The molecule has 156 valence electrons. The van der Waals surface area contributed by atoms with Crippen molar-refractivity contribution in [2.75, 3.05) is 56.6 Å². The lowest BCUT2D eigenvalue weighted by molar-refractivity contribution is 0.214. The molecule has 0 saturated carbocycles. The maximum atomic E-state index is 12.6. The van der Waals surface area contributed by atoms with Crippen LogP contribution in [0.5, 0.6) is 0 Å². The number of hydrogen-bond donors (Lipinski definition) is 2. The van der Waals surface area contributed by atoms with Gasteiger partial charge in [0.2, 0.25) is 5.95 Å². The zero-order valence-corrected chi connectivity index (χ0v) is 18.0. The number of anilines is 2. The number of halogens is 1. The van der Waals surface area contributed by atoms with Gasteiger partial charge in [0.1, 0.15) is 5.69 Å². The standard InChI is InChI=1S/C16H27ClN7O3P/c1-4-20-13-14(17)22-16(19)23-15(13)21-8-10-24(9-7-18)11-12-28(25,26-5-2)27-6-3/h4H,5-6,8-12H2,1-3H3,(H3,19,21,22,23)/b20-4-. The van der Waals surface area contributed by atoms with Gasteiger partial charge in [-0.05, 0) is 20.8 Å². The van der Waals surface area contributed by atoms with Gasteiger partial charge in [-0.1, -0.05) is 11.6 Å². The number of rotatable bonds is 13. The van der Waals surface area contributed by atoms with E-state index in [0.717, 1.165) is 0 Å². The van der Waals surface area contributed by atoms with Crippen molar-refractivity contribution in [3.8, 4) is 6.07 Å². The third-order valence-electron chi connectivity index (χ3n) is 3.47. The highest BCUT2D eigenvalue weighted by atomic mass is 35.5. The van der Waals surface area contributed by atoms with E-state index in [1.165, 1.54) is 0 Å². The van der Waals surface area contributed by atoms with Crippen molar-refractivity contribution in [2.45, 2.75) is 20.8 Å². The summed E-state index contributed by atoms with van der Waals surface area (Å²) in [6, 6.07) is 2.10. The highest BCUT2D eigenvalue weighted by Gasteiger charge is 2.24. The molecule has 0 unspecified atom stereocenters. The zero-order chi connectivity index (χ0) is 21.0. The Morgan fingerprint density at radius 2 is 2.04 bits per heavy atom. The number of aromatic nitrogens is 2. The van der Waals surface area contributed by atoms with Crippen LogP contribution in [0.3, 0.4) is 0 Å². The summed E-state index contributed by atoms with van der Waals surface area (Å²) in [5.74, 6) is 0.438. The molecule has 0 atom stereocenters. The number of hydrogen-bond acceptors (Lipinski definition) is 10. The number of nitrogens with two attached hydrogens (primary N) is 1. The van der Waals surface area contributed by atoms with Gasteiger partial charge >= 0.3 is 7.60 Å². The quantitative estimate of drug-likeness (QED) is 0.209. The van der Waals surface area contributed by atoms with Crippen LogP contribution < -0.4 is 11.1 Å². The van der Waals surface area contributed by atoms with Gasteiger partial charge in [0.05, 0.1) is 32.0 Å². The van der Waals surface area contributed by atoms with Crippen LogP contribution in [-0.2, 0) is 13.6 Å². The number of aliphatic imine (C=N–C) groups is 1. The number of nitrogen functional groups attached to an aromatic ring is 1. The van der Waals surface area contributed by atoms with Crippen molar-refractivity contribution >= 4 is 42.9 Å². The molecular formula is C16H27ClN7O3P. The van der Waals surface area contributed by atoms with Crippen molar-refractivity contribution in [1.82, 2.24) is 14.9 Å².